The number of carbonyl (C=O) groups is 1. The summed E-state index contributed by atoms with van der Waals surface area (Å²) in [5.74, 6) is 2.11. The van der Waals surface area contributed by atoms with Crippen LogP contribution in [0.4, 0.5) is 0 Å². The van der Waals surface area contributed by atoms with Crippen molar-refractivity contribution in [2.75, 3.05) is 0 Å². The van der Waals surface area contributed by atoms with Crippen LogP contribution in [-0.2, 0) is 24.1 Å². The second-order valence-electron chi connectivity index (χ2n) is 8.60. The van der Waals surface area contributed by atoms with Gasteiger partial charge in [0.05, 0.1) is 5.92 Å². The molecule has 3 aromatic carbocycles. The van der Waals surface area contributed by atoms with Crippen molar-refractivity contribution in [3.63, 3.8) is 0 Å². The van der Waals surface area contributed by atoms with Crippen LogP contribution in [-0.4, -0.2) is 16.1 Å². The van der Waals surface area contributed by atoms with E-state index in [2.05, 4.69) is 35.5 Å². The molecule has 5 heteroatoms. The predicted molar refractivity (Wildman–Crippen MR) is 125 cm³/mol. The van der Waals surface area contributed by atoms with E-state index in [4.69, 9.17) is 14.2 Å². The van der Waals surface area contributed by atoms with E-state index in [9.17, 15) is 4.79 Å². The topological polar surface area (TPSA) is 65.2 Å². The van der Waals surface area contributed by atoms with Crippen molar-refractivity contribution < 1.29 is 14.1 Å². The first-order valence-electron chi connectivity index (χ1n) is 11.4. The molecule has 0 N–H and O–H groups in total. The molecule has 0 bridgehead atoms. The van der Waals surface area contributed by atoms with Crippen LogP contribution in [0.1, 0.15) is 53.2 Å². The van der Waals surface area contributed by atoms with E-state index in [-0.39, 0.29) is 11.9 Å². The van der Waals surface area contributed by atoms with Crippen molar-refractivity contribution in [1.29, 1.82) is 0 Å². The second-order valence-corrected chi connectivity index (χ2v) is 8.60. The summed E-state index contributed by atoms with van der Waals surface area (Å²) in [5, 5.41) is 4.38. The Morgan fingerprint density at radius 3 is 2.36 bits per heavy atom. The zero-order chi connectivity index (χ0) is 22.6. The molecule has 0 saturated carbocycles. The molecule has 5 rings (SSSR count). The minimum Gasteiger partial charge on any atom is -0.426 e. The summed E-state index contributed by atoms with van der Waals surface area (Å²) in [6.45, 7) is 1.44. The summed E-state index contributed by atoms with van der Waals surface area (Å²) in [6.07, 6.45) is 3.51. The molecule has 0 radical (unpaired) electrons. The van der Waals surface area contributed by atoms with Gasteiger partial charge in [-0.15, -0.1) is 0 Å². The van der Waals surface area contributed by atoms with Gasteiger partial charge in [0.1, 0.15) is 5.75 Å². The number of esters is 1. The van der Waals surface area contributed by atoms with Crippen molar-refractivity contribution in [2.24, 2.45) is 5.92 Å². The molecule has 0 saturated heterocycles. The van der Waals surface area contributed by atoms with Crippen LogP contribution in [0.5, 0.6) is 5.75 Å². The summed E-state index contributed by atoms with van der Waals surface area (Å²) in [5.41, 5.74) is 4.65. The third-order valence-corrected chi connectivity index (χ3v) is 6.27. The van der Waals surface area contributed by atoms with Crippen molar-refractivity contribution in [3.05, 3.63) is 113 Å². The Morgan fingerprint density at radius 2 is 1.70 bits per heavy atom. The van der Waals surface area contributed by atoms with Gasteiger partial charge >= 0.3 is 5.97 Å². The zero-order valence-corrected chi connectivity index (χ0v) is 18.6. The van der Waals surface area contributed by atoms with Crippen LogP contribution < -0.4 is 4.74 Å². The number of hydrogen-bond acceptors (Lipinski definition) is 5. The minimum atomic E-state index is -0.282. The second kappa shape index (κ2) is 9.41. The van der Waals surface area contributed by atoms with E-state index in [0.717, 1.165) is 42.4 Å². The van der Waals surface area contributed by atoms with Crippen molar-refractivity contribution in [2.45, 2.75) is 38.5 Å². The molecule has 33 heavy (non-hydrogen) atoms. The fourth-order valence-corrected chi connectivity index (χ4v) is 4.77. The Kier molecular flexibility index (Phi) is 6.03. The highest BCUT2D eigenvalue weighted by Gasteiger charge is 2.26. The highest BCUT2D eigenvalue weighted by atomic mass is 16.5. The lowest BCUT2D eigenvalue weighted by atomic mass is 9.82. The quantitative estimate of drug-likeness (QED) is 0.293. The Labute approximate surface area is 193 Å². The van der Waals surface area contributed by atoms with Gasteiger partial charge in [-0.25, -0.2) is 0 Å². The lowest BCUT2D eigenvalue weighted by Crippen LogP contribution is -2.18. The molecular weight excluding hydrogens is 412 g/mol. The third kappa shape index (κ3) is 4.72. The standard InChI is InChI=1S/C28H26N2O3/c1-19(31)32-25-14-8-13-23-17-20(15-16-24(23)25)18-26-29-28(30-33-26)27(21-9-4-2-5-10-21)22-11-6-3-7-12-22/h2-14,20,27H,15-18H2,1H3. The Balaban J connectivity index is 1.35. The molecule has 5 nitrogen and oxygen atoms in total. The fraction of sp³-hybridized carbons (Fsp3) is 0.250. The zero-order valence-electron chi connectivity index (χ0n) is 18.6. The Bertz CT molecular complexity index is 1200. The van der Waals surface area contributed by atoms with Crippen molar-refractivity contribution in [1.82, 2.24) is 10.1 Å². The third-order valence-electron chi connectivity index (χ3n) is 6.27. The highest BCUT2D eigenvalue weighted by molar-refractivity contribution is 5.70. The summed E-state index contributed by atoms with van der Waals surface area (Å²) in [6, 6.07) is 26.5. The van der Waals surface area contributed by atoms with Gasteiger partial charge in [-0.1, -0.05) is 78.0 Å². The predicted octanol–water partition coefficient (Wildman–Crippen LogP) is 5.52. The summed E-state index contributed by atoms with van der Waals surface area (Å²) in [4.78, 5) is 16.2. The molecule has 1 atom stereocenters. The van der Waals surface area contributed by atoms with Crippen LogP contribution in [0.15, 0.2) is 83.4 Å². The smallest absolute Gasteiger partial charge is 0.308 e. The maximum absolute atomic E-state index is 11.4. The number of hydrogen-bond donors (Lipinski definition) is 0. The molecule has 1 unspecified atom stereocenters. The average Bonchev–Trinajstić information content (AvgIpc) is 3.28. The number of fused-ring (bicyclic) bond motifs is 1. The molecule has 1 aliphatic rings. The number of benzene rings is 3. The average molecular weight is 439 g/mol. The van der Waals surface area contributed by atoms with Gasteiger partial charge in [-0.05, 0) is 53.5 Å². The van der Waals surface area contributed by atoms with E-state index < -0.39 is 0 Å². The van der Waals surface area contributed by atoms with Crippen molar-refractivity contribution >= 4 is 5.97 Å². The number of carbonyl (C=O) groups excluding carboxylic acids is 1. The van der Waals surface area contributed by atoms with Crippen LogP contribution in [0.3, 0.4) is 0 Å². The number of aromatic nitrogens is 2. The van der Waals surface area contributed by atoms with E-state index in [1.54, 1.807) is 0 Å². The first-order chi connectivity index (χ1) is 16.2. The van der Waals surface area contributed by atoms with Gasteiger partial charge in [-0.2, -0.15) is 4.98 Å². The molecule has 0 amide bonds. The maximum atomic E-state index is 11.4. The largest absolute Gasteiger partial charge is 0.426 e. The minimum absolute atomic E-state index is 0.0664. The first-order valence-corrected chi connectivity index (χ1v) is 11.4. The van der Waals surface area contributed by atoms with E-state index in [1.807, 2.05) is 48.5 Å². The van der Waals surface area contributed by atoms with E-state index in [0.29, 0.717) is 23.4 Å². The normalized spacial score (nSPS) is 15.3. The van der Waals surface area contributed by atoms with Crippen LogP contribution in [0.25, 0.3) is 0 Å². The molecule has 0 aliphatic heterocycles. The lowest BCUT2D eigenvalue weighted by Gasteiger charge is -2.25. The fourth-order valence-electron chi connectivity index (χ4n) is 4.77. The van der Waals surface area contributed by atoms with Crippen LogP contribution in [0.2, 0.25) is 0 Å². The van der Waals surface area contributed by atoms with E-state index in [1.165, 1.54) is 12.5 Å². The van der Waals surface area contributed by atoms with Gasteiger partial charge in [-0.3, -0.25) is 4.79 Å². The van der Waals surface area contributed by atoms with Gasteiger partial charge in [0.25, 0.3) is 0 Å². The highest BCUT2D eigenvalue weighted by Crippen LogP contribution is 2.34. The molecule has 1 aromatic heterocycles. The van der Waals surface area contributed by atoms with Crippen molar-refractivity contribution in [3.8, 4) is 5.75 Å². The molecule has 1 heterocycles. The molecular formula is C28H26N2O3. The van der Waals surface area contributed by atoms with Gasteiger partial charge in [0.15, 0.2) is 5.82 Å². The van der Waals surface area contributed by atoms with Gasteiger partial charge in [0, 0.05) is 13.3 Å². The van der Waals surface area contributed by atoms with E-state index >= 15 is 0 Å². The molecule has 0 fully saturated rings. The Hall–Kier alpha value is -3.73. The number of nitrogens with zero attached hydrogens (tertiary/aromatic N) is 2. The molecule has 0 spiro atoms. The van der Waals surface area contributed by atoms with Gasteiger partial charge in [0.2, 0.25) is 5.89 Å². The SMILES string of the molecule is CC(=O)Oc1cccc2c1CCC(Cc1nc(C(c3ccccc3)c3ccccc3)no1)C2. The summed E-state index contributed by atoms with van der Waals surface area (Å²) < 4.78 is 11.1. The monoisotopic (exact) mass is 438 g/mol. The lowest BCUT2D eigenvalue weighted by molar-refractivity contribution is -0.131. The Morgan fingerprint density at radius 1 is 1.00 bits per heavy atom. The van der Waals surface area contributed by atoms with Crippen LogP contribution >= 0.6 is 0 Å². The number of ether oxygens (including phenoxy) is 1. The molecule has 166 valence electrons. The van der Waals surface area contributed by atoms with Crippen LogP contribution in [0, 0.1) is 5.92 Å². The maximum Gasteiger partial charge on any atom is 0.308 e. The first kappa shape index (κ1) is 21.1. The summed E-state index contributed by atoms with van der Waals surface area (Å²) >= 11 is 0. The molecule has 4 aromatic rings. The van der Waals surface area contributed by atoms with Gasteiger partial charge < -0.3 is 9.26 Å². The number of rotatable bonds is 6. The summed E-state index contributed by atoms with van der Waals surface area (Å²) in [7, 11) is 0. The molecule has 1 aliphatic carbocycles.